The van der Waals surface area contributed by atoms with Crippen molar-refractivity contribution in [2.45, 2.75) is 57.6 Å². The summed E-state index contributed by atoms with van der Waals surface area (Å²) in [6, 6.07) is 2.71. The minimum absolute atomic E-state index is 0.335. The van der Waals surface area contributed by atoms with Crippen molar-refractivity contribution in [1.29, 1.82) is 0 Å². The average Bonchev–Trinajstić information content (AvgIpc) is 3.06. The Labute approximate surface area is 127 Å². The molecule has 0 saturated carbocycles. The monoisotopic (exact) mass is 290 g/mol. The summed E-state index contributed by atoms with van der Waals surface area (Å²) in [5, 5.41) is 3.40. The van der Waals surface area contributed by atoms with Crippen LogP contribution in [0.4, 0.5) is 11.6 Å². The third-order valence-corrected chi connectivity index (χ3v) is 4.58. The molecule has 0 amide bonds. The number of ether oxygens (including phenoxy) is 1. The highest BCUT2D eigenvalue weighted by Crippen LogP contribution is 2.26. The van der Waals surface area contributed by atoms with E-state index in [0.29, 0.717) is 12.1 Å². The first-order chi connectivity index (χ1) is 10.4. The van der Waals surface area contributed by atoms with Crippen molar-refractivity contribution in [3.8, 4) is 0 Å². The molecule has 116 valence electrons. The molecule has 3 rings (SSSR count). The maximum atomic E-state index is 5.64. The van der Waals surface area contributed by atoms with Crippen LogP contribution in [0.1, 0.15) is 45.4 Å². The Morgan fingerprint density at radius 1 is 1.29 bits per heavy atom. The predicted molar refractivity (Wildman–Crippen MR) is 84.8 cm³/mol. The van der Waals surface area contributed by atoms with Crippen molar-refractivity contribution < 1.29 is 4.74 Å². The first-order valence-corrected chi connectivity index (χ1v) is 8.31. The smallest absolute Gasteiger partial charge is 0.134 e. The number of hydrogen-bond donors (Lipinski definition) is 1. The summed E-state index contributed by atoms with van der Waals surface area (Å²) in [5.74, 6) is 1.97. The van der Waals surface area contributed by atoms with Crippen LogP contribution in [0.15, 0.2) is 12.4 Å². The minimum atomic E-state index is 0.335. The van der Waals surface area contributed by atoms with Crippen LogP contribution in [0.3, 0.4) is 0 Å². The summed E-state index contributed by atoms with van der Waals surface area (Å²) in [5.41, 5.74) is 0. The zero-order chi connectivity index (χ0) is 14.5. The number of anilines is 2. The van der Waals surface area contributed by atoms with Crippen LogP contribution < -0.4 is 10.2 Å². The van der Waals surface area contributed by atoms with E-state index in [9.17, 15) is 0 Å². The molecular formula is C16H26N4O. The SMILES string of the molecule is CCC1CCCCN1c1cc(NCC2CCCO2)ncn1. The minimum Gasteiger partial charge on any atom is -0.376 e. The van der Waals surface area contributed by atoms with E-state index in [1.165, 1.54) is 32.1 Å². The lowest BCUT2D eigenvalue weighted by Gasteiger charge is -2.36. The van der Waals surface area contributed by atoms with Crippen molar-refractivity contribution in [2.24, 2.45) is 0 Å². The summed E-state index contributed by atoms with van der Waals surface area (Å²) in [7, 11) is 0. The molecule has 5 heteroatoms. The first kappa shape index (κ1) is 14.6. The third kappa shape index (κ3) is 3.64. The molecule has 2 saturated heterocycles. The molecule has 1 aromatic heterocycles. The molecule has 0 spiro atoms. The normalized spacial score (nSPS) is 26.0. The fraction of sp³-hybridized carbons (Fsp3) is 0.750. The van der Waals surface area contributed by atoms with Gasteiger partial charge in [-0.2, -0.15) is 0 Å². The Morgan fingerprint density at radius 3 is 3.05 bits per heavy atom. The predicted octanol–water partition coefficient (Wildman–Crippen LogP) is 2.84. The standard InChI is InChI=1S/C16H26N4O/c1-2-13-6-3-4-8-20(13)16-10-15(18-12-19-16)17-11-14-7-5-9-21-14/h10,12-14H,2-9,11H2,1H3,(H,17,18,19). The summed E-state index contributed by atoms with van der Waals surface area (Å²) in [6.45, 7) is 5.11. The first-order valence-electron chi connectivity index (χ1n) is 8.31. The highest BCUT2D eigenvalue weighted by atomic mass is 16.5. The van der Waals surface area contributed by atoms with Crippen LogP contribution in [-0.2, 0) is 4.74 Å². The molecule has 2 aliphatic rings. The fourth-order valence-electron chi connectivity index (χ4n) is 3.35. The molecule has 0 aliphatic carbocycles. The van der Waals surface area contributed by atoms with Crippen molar-refractivity contribution in [3.05, 3.63) is 12.4 Å². The van der Waals surface area contributed by atoms with Gasteiger partial charge in [-0.15, -0.1) is 0 Å². The second-order valence-electron chi connectivity index (χ2n) is 6.03. The molecule has 1 aromatic rings. The molecule has 2 atom stereocenters. The lowest BCUT2D eigenvalue weighted by atomic mass is 10.0. The van der Waals surface area contributed by atoms with Gasteiger partial charge >= 0.3 is 0 Å². The van der Waals surface area contributed by atoms with Gasteiger partial charge in [0.1, 0.15) is 18.0 Å². The van der Waals surface area contributed by atoms with Crippen LogP contribution in [0.25, 0.3) is 0 Å². The molecule has 0 bridgehead atoms. The highest BCUT2D eigenvalue weighted by molar-refractivity contribution is 5.49. The quantitative estimate of drug-likeness (QED) is 0.903. The van der Waals surface area contributed by atoms with Crippen molar-refractivity contribution >= 4 is 11.6 Å². The van der Waals surface area contributed by atoms with E-state index in [4.69, 9.17) is 4.74 Å². The number of aromatic nitrogens is 2. The number of hydrogen-bond acceptors (Lipinski definition) is 5. The largest absolute Gasteiger partial charge is 0.376 e. The third-order valence-electron chi connectivity index (χ3n) is 4.58. The van der Waals surface area contributed by atoms with E-state index in [0.717, 1.165) is 37.8 Å². The van der Waals surface area contributed by atoms with Gasteiger partial charge in [0.25, 0.3) is 0 Å². The highest BCUT2D eigenvalue weighted by Gasteiger charge is 2.22. The van der Waals surface area contributed by atoms with Crippen LogP contribution in [0.2, 0.25) is 0 Å². The van der Waals surface area contributed by atoms with E-state index in [-0.39, 0.29) is 0 Å². The number of nitrogens with one attached hydrogen (secondary N) is 1. The summed E-state index contributed by atoms with van der Waals surface area (Å²) in [4.78, 5) is 11.3. The van der Waals surface area contributed by atoms with Gasteiger partial charge in [0.2, 0.25) is 0 Å². The number of piperidine rings is 1. The topological polar surface area (TPSA) is 50.3 Å². The van der Waals surface area contributed by atoms with Crippen molar-refractivity contribution in [3.63, 3.8) is 0 Å². The van der Waals surface area contributed by atoms with E-state index >= 15 is 0 Å². The Kier molecular flexibility index (Phi) is 4.91. The van der Waals surface area contributed by atoms with Gasteiger partial charge < -0.3 is 15.0 Å². The zero-order valence-corrected chi connectivity index (χ0v) is 12.9. The molecule has 0 aromatic carbocycles. The molecule has 0 radical (unpaired) electrons. The van der Waals surface area contributed by atoms with Crippen LogP contribution in [-0.4, -0.2) is 41.8 Å². The zero-order valence-electron chi connectivity index (χ0n) is 12.9. The van der Waals surface area contributed by atoms with Crippen LogP contribution in [0, 0.1) is 0 Å². The lowest BCUT2D eigenvalue weighted by Crippen LogP contribution is -2.39. The summed E-state index contributed by atoms with van der Waals surface area (Å²) in [6.07, 6.45) is 9.39. The van der Waals surface area contributed by atoms with Gasteiger partial charge in [0, 0.05) is 31.8 Å². The Bertz CT molecular complexity index is 448. The second kappa shape index (κ2) is 7.07. The van der Waals surface area contributed by atoms with E-state index < -0.39 is 0 Å². The molecule has 2 aliphatic heterocycles. The van der Waals surface area contributed by atoms with E-state index in [1.54, 1.807) is 6.33 Å². The van der Waals surface area contributed by atoms with Crippen LogP contribution in [0.5, 0.6) is 0 Å². The van der Waals surface area contributed by atoms with Crippen molar-refractivity contribution in [2.75, 3.05) is 29.9 Å². The van der Waals surface area contributed by atoms with Gasteiger partial charge in [-0.1, -0.05) is 6.92 Å². The molecule has 2 unspecified atom stereocenters. The molecule has 5 nitrogen and oxygen atoms in total. The Morgan fingerprint density at radius 2 is 2.24 bits per heavy atom. The Hall–Kier alpha value is -1.36. The van der Waals surface area contributed by atoms with Gasteiger partial charge in [-0.3, -0.25) is 0 Å². The maximum absolute atomic E-state index is 5.64. The number of nitrogens with zero attached hydrogens (tertiary/aromatic N) is 3. The number of rotatable bonds is 5. The fourth-order valence-corrected chi connectivity index (χ4v) is 3.35. The van der Waals surface area contributed by atoms with E-state index in [1.807, 2.05) is 0 Å². The summed E-state index contributed by atoms with van der Waals surface area (Å²) >= 11 is 0. The molecule has 2 fully saturated rings. The van der Waals surface area contributed by atoms with Gasteiger partial charge in [-0.25, -0.2) is 9.97 Å². The second-order valence-corrected chi connectivity index (χ2v) is 6.03. The van der Waals surface area contributed by atoms with E-state index in [2.05, 4.69) is 33.2 Å². The molecular weight excluding hydrogens is 264 g/mol. The molecule has 3 heterocycles. The summed E-state index contributed by atoms with van der Waals surface area (Å²) < 4.78 is 5.64. The molecule has 21 heavy (non-hydrogen) atoms. The van der Waals surface area contributed by atoms with Gasteiger partial charge in [-0.05, 0) is 38.5 Å². The maximum Gasteiger partial charge on any atom is 0.134 e. The van der Waals surface area contributed by atoms with Gasteiger partial charge in [0.15, 0.2) is 0 Å². The lowest BCUT2D eigenvalue weighted by molar-refractivity contribution is 0.120. The van der Waals surface area contributed by atoms with Crippen LogP contribution >= 0.6 is 0 Å². The molecule has 1 N–H and O–H groups in total. The van der Waals surface area contributed by atoms with Gasteiger partial charge in [0.05, 0.1) is 6.10 Å². The van der Waals surface area contributed by atoms with Crippen molar-refractivity contribution in [1.82, 2.24) is 9.97 Å². The average molecular weight is 290 g/mol. The Balaban J connectivity index is 1.64.